The van der Waals surface area contributed by atoms with E-state index in [-0.39, 0.29) is 11.5 Å². The lowest BCUT2D eigenvalue weighted by molar-refractivity contribution is 0.0598. The normalized spacial score (nSPS) is 15.4. The van der Waals surface area contributed by atoms with Gasteiger partial charge in [0.2, 0.25) is 0 Å². The number of rotatable bonds is 3. The van der Waals surface area contributed by atoms with Gasteiger partial charge in [0.25, 0.3) is 5.56 Å². The summed E-state index contributed by atoms with van der Waals surface area (Å²) in [6.07, 6.45) is 3.60. The molecule has 0 unspecified atom stereocenters. The Bertz CT molecular complexity index is 486. The van der Waals surface area contributed by atoms with E-state index in [1.165, 1.54) is 32.4 Å². The van der Waals surface area contributed by atoms with E-state index in [0.29, 0.717) is 17.2 Å². The number of aromatic nitrogens is 1. The minimum Gasteiger partial charge on any atom is -0.465 e. The van der Waals surface area contributed by atoms with Crippen molar-refractivity contribution in [2.24, 2.45) is 5.92 Å². The SMILES string of the molecule is COC(=O)c1ccc(=O)n(CC2CCC2)c1C. The first kappa shape index (κ1) is 11.9. The summed E-state index contributed by atoms with van der Waals surface area (Å²) in [7, 11) is 1.35. The minimum absolute atomic E-state index is 0.0398. The molecule has 17 heavy (non-hydrogen) atoms. The van der Waals surface area contributed by atoms with Gasteiger partial charge in [0.05, 0.1) is 12.7 Å². The molecule has 1 aliphatic carbocycles. The second-order valence-electron chi connectivity index (χ2n) is 4.57. The number of nitrogens with zero attached hydrogens (tertiary/aromatic N) is 1. The largest absolute Gasteiger partial charge is 0.465 e. The van der Waals surface area contributed by atoms with E-state index in [4.69, 9.17) is 4.74 Å². The van der Waals surface area contributed by atoms with Crippen molar-refractivity contribution in [3.05, 3.63) is 33.7 Å². The molecule has 1 fully saturated rings. The fourth-order valence-electron chi connectivity index (χ4n) is 2.16. The molecule has 92 valence electrons. The van der Waals surface area contributed by atoms with Gasteiger partial charge in [0.1, 0.15) is 0 Å². The van der Waals surface area contributed by atoms with Crippen LogP contribution in [0.15, 0.2) is 16.9 Å². The number of carbonyl (C=O) groups is 1. The molecule has 0 N–H and O–H groups in total. The number of pyridine rings is 1. The summed E-state index contributed by atoms with van der Waals surface area (Å²) in [6.45, 7) is 2.52. The van der Waals surface area contributed by atoms with Gasteiger partial charge in [-0.05, 0) is 31.7 Å². The number of methoxy groups -OCH3 is 1. The Morgan fingerprint density at radius 3 is 2.71 bits per heavy atom. The maximum atomic E-state index is 11.8. The van der Waals surface area contributed by atoms with Crippen molar-refractivity contribution in [1.82, 2.24) is 4.57 Å². The molecule has 4 nitrogen and oxygen atoms in total. The first-order valence-electron chi connectivity index (χ1n) is 5.92. The van der Waals surface area contributed by atoms with Crippen LogP contribution < -0.4 is 5.56 Å². The molecule has 1 aromatic rings. The molecule has 0 amide bonds. The molecule has 4 heteroatoms. The second kappa shape index (κ2) is 4.73. The molecule has 0 saturated heterocycles. The molecular formula is C13H17NO3. The predicted octanol–water partition coefficient (Wildman–Crippen LogP) is 1.74. The van der Waals surface area contributed by atoms with Crippen LogP contribution in [-0.2, 0) is 11.3 Å². The highest BCUT2D eigenvalue weighted by molar-refractivity contribution is 5.90. The highest BCUT2D eigenvalue weighted by Gasteiger charge is 2.20. The quantitative estimate of drug-likeness (QED) is 0.750. The summed E-state index contributed by atoms with van der Waals surface area (Å²) in [5.41, 5.74) is 1.14. The Hall–Kier alpha value is -1.58. The molecule has 0 bridgehead atoms. The summed E-state index contributed by atoms with van der Waals surface area (Å²) >= 11 is 0. The van der Waals surface area contributed by atoms with E-state index in [2.05, 4.69) is 0 Å². The van der Waals surface area contributed by atoms with Crippen molar-refractivity contribution >= 4 is 5.97 Å². The first-order valence-corrected chi connectivity index (χ1v) is 5.92. The maximum Gasteiger partial charge on any atom is 0.339 e. The third kappa shape index (κ3) is 2.25. The van der Waals surface area contributed by atoms with E-state index in [0.717, 1.165) is 6.54 Å². The Balaban J connectivity index is 2.35. The van der Waals surface area contributed by atoms with Gasteiger partial charge in [-0.25, -0.2) is 4.79 Å². The first-order chi connectivity index (χ1) is 8.13. The molecule has 0 radical (unpaired) electrons. The smallest absolute Gasteiger partial charge is 0.339 e. The van der Waals surface area contributed by atoms with E-state index in [1.807, 2.05) is 0 Å². The van der Waals surface area contributed by atoms with Gasteiger partial charge >= 0.3 is 5.97 Å². The zero-order valence-electron chi connectivity index (χ0n) is 10.2. The Labute approximate surface area is 100 Å². The van der Waals surface area contributed by atoms with Crippen LogP contribution >= 0.6 is 0 Å². The number of carbonyl (C=O) groups excluding carboxylic acids is 1. The molecule has 0 atom stereocenters. The summed E-state index contributed by atoms with van der Waals surface area (Å²) in [4.78, 5) is 23.3. The number of esters is 1. The monoisotopic (exact) mass is 235 g/mol. The second-order valence-corrected chi connectivity index (χ2v) is 4.57. The van der Waals surface area contributed by atoms with Crippen LogP contribution in [0.1, 0.15) is 35.3 Å². The highest BCUT2D eigenvalue weighted by Crippen LogP contribution is 2.27. The summed E-state index contributed by atoms with van der Waals surface area (Å²) in [5.74, 6) is 0.198. The molecule has 1 aliphatic rings. The van der Waals surface area contributed by atoms with Gasteiger partial charge in [-0.2, -0.15) is 0 Å². The van der Waals surface area contributed by atoms with E-state index in [1.54, 1.807) is 17.6 Å². The molecule has 0 spiro atoms. The van der Waals surface area contributed by atoms with Gasteiger partial charge in [-0.3, -0.25) is 4.79 Å². The third-order valence-electron chi connectivity index (χ3n) is 3.52. The molecular weight excluding hydrogens is 218 g/mol. The van der Waals surface area contributed by atoms with Crippen molar-refractivity contribution < 1.29 is 9.53 Å². The molecule has 1 saturated carbocycles. The summed E-state index contributed by atoms with van der Waals surface area (Å²) < 4.78 is 6.39. The molecule has 1 heterocycles. The lowest BCUT2D eigenvalue weighted by Gasteiger charge is -2.27. The van der Waals surface area contributed by atoms with E-state index < -0.39 is 0 Å². The fourth-order valence-corrected chi connectivity index (χ4v) is 2.16. The molecule has 1 aromatic heterocycles. The van der Waals surface area contributed by atoms with E-state index >= 15 is 0 Å². The molecule has 2 rings (SSSR count). The van der Waals surface area contributed by atoms with Gasteiger partial charge < -0.3 is 9.30 Å². The highest BCUT2D eigenvalue weighted by atomic mass is 16.5. The van der Waals surface area contributed by atoms with Crippen LogP contribution in [0.5, 0.6) is 0 Å². The van der Waals surface area contributed by atoms with Crippen LogP contribution in [0.25, 0.3) is 0 Å². The Kier molecular flexibility index (Phi) is 3.31. The average molecular weight is 235 g/mol. The maximum absolute atomic E-state index is 11.8. The Morgan fingerprint density at radius 1 is 1.47 bits per heavy atom. The summed E-state index contributed by atoms with van der Waals surface area (Å²) in [6, 6.07) is 2.98. The number of ether oxygens (including phenoxy) is 1. The number of hydrogen-bond donors (Lipinski definition) is 0. The van der Waals surface area contributed by atoms with Crippen molar-refractivity contribution in [1.29, 1.82) is 0 Å². The van der Waals surface area contributed by atoms with Crippen molar-refractivity contribution in [2.75, 3.05) is 7.11 Å². The van der Waals surface area contributed by atoms with Crippen molar-refractivity contribution in [3.63, 3.8) is 0 Å². The van der Waals surface area contributed by atoms with Crippen LogP contribution in [0.4, 0.5) is 0 Å². The standard InChI is InChI=1S/C13H17NO3/c1-9-11(13(16)17-2)6-7-12(15)14(9)8-10-4-3-5-10/h6-7,10H,3-5,8H2,1-2H3. The number of hydrogen-bond acceptors (Lipinski definition) is 3. The van der Waals surface area contributed by atoms with Crippen LogP contribution in [0.2, 0.25) is 0 Å². The fraction of sp³-hybridized carbons (Fsp3) is 0.538. The Morgan fingerprint density at radius 2 is 2.18 bits per heavy atom. The molecule has 0 aliphatic heterocycles. The van der Waals surface area contributed by atoms with Gasteiger partial charge in [-0.15, -0.1) is 0 Å². The van der Waals surface area contributed by atoms with Gasteiger partial charge in [0.15, 0.2) is 0 Å². The van der Waals surface area contributed by atoms with Crippen LogP contribution in [-0.4, -0.2) is 17.6 Å². The van der Waals surface area contributed by atoms with Crippen molar-refractivity contribution in [3.8, 4) is 0 Å². The van der Waals surface area contributed by atoms with E-state index in [9.17, 15) is 9.59 Å². The third-order valence-corrected chi connectivity index (χ3v) is 3.52. The zero-order chi connectivity index (χ0) is 12.4. The lowest BCUT2D eigenvalue weighted by atomic mass is 9.85. The predicted molar refractivity (Wildman–Crippen MR) is 64.1 cm³/mol. The summed E-state index contributed by atoms with van der Waals surface area (Å²) in [5, 5.41) is 0. The zero-order valence-corrected chi connectivity index (χ0v) is 10.2. The minimum atomic E-state index is -0.384. The lowest BCUT2D eigenvalue weighted by Crippen LogP contribution is -2.29. The van der Waals surface area contributed by atoms with Crippen LogP contribution in [0, 0.1) is 12.8 Å². The van der Waals surface area contributed by atoms with Gasteiger partial charge in [0, 0.05) is 18.3 Å². The molecule has 0 aromatic carbocycles. The van der Waals surface area contributed by atoms with Crippen LogP contribution in [0.3, 0.4) is 0 Å². The topological polar surface area (TPSA) is 48.3 Å². The van der Waals surface area contributed by atoms with Gasteiger partial charge in [-0.1, -0.05) is 6.42 Å². The van der Waals surface area contributed by atoms with Crippen molar-refractivity contribution in [2.45, 2.75) is 32.7 Å². The average Bonchev–Trinajstić information content (AvgIpc) is 2.25.